The second-order valence-electron chi connectivity index (χ2n) is 15.1. The minimum atomic E-state index is -0.384. The summed E-state index contributed by atoms with van der Waals surface area (Å²) in [5.41, 5.74) is 9.30. The first-order chi connectivity index (χ1) is 28.7. The van der Waals surface area contributed by atoms with Crippen LogP contribution in [-0.2, 0) is 0 Å². The Morgan fingerprint density at radius 1 is 0.448 bits per heavy atom. The SMILES string of the molecule is c1ccc(-c2ccc(C3=NC(c4cc5c6ccccc6oc5c5c4sc4ccccc45)NC(c4cc5c6ccccc6oc5c5c4sc4ccccc45)N3)cc2)cc1. The molecule has 2 atom stereocenters. The van der Waals surface area contributed by atoms with Crippen LogP contribution in [-0.4, -0.2) is 5.84 Å². The third-order valence-electron chi connectivity index (χ3n) is 11.8. The molecule has 2 unspecified atom stereocenters. The van der Waals surface area contributed by atoms with E-state index in [-0.39, 0.29) is 12.3 Å². The molecule has 0 aliphatic carbocycles. The number of benzene rings is 8. The Balaban J connectivity index is 1.07. The predicted molar refractivity (Wildman–Crippen MR) is 243 cm³/mol. The van der Waals surface area contributed by atoms with Crippen molar-refractivity contribution in [1.29, 1.82) is 0 Å². The molecule has 0 amide bonds. The van der Waals surface area contributed by atoms with Crippen LogP contribution in [0.4, 0.5) is 0 Å². The van der Waals surface area contributed by atoms with Gasteiger partial charge >= 0.3 is 0 Å². The first kappa shape index (κ1) is 32.3. The van der Waals surface area contributed by atoms with E-state index in [0.29, 0.717) is 0 Å². The van der Waals surface area contributed by atoms with E-state index in [4.69, 9.17) is 13.8 Å². The molecule has 13 rings (SSSR count). The number of nitrogens with zero attached hydrogens (tertiary/aromatic N) is 1. The van der Waals surface area contributed by atoms with Crippen molar-refractivity contribution in [3.63, 3.8) is 0 Å². The van der Waals surface area contributed by atoms with E-state index in [1.54, 1.807) is 0 Å². The molecule has 1 aliphatic heterocycles. The van der Waals surface area contributed by atoms with Gasteiger partial charge in [-0.1, -0.05) is 127 Å². The van der Waals surface area contributed by atoms with Crippen LogP contribution in [0.5, 0.6) is 0 Å². The molecule has 274 valence electrons. The molecule has 0 fully saturated rings. The van der Waals surface area contributed by atoms with Crippen molar-refractivity contribution in [2.45, 2.75) is 12.3 Å². The van der Waals surface area contributed by atoms with Crippen LogP contribution < -0.4 is 10.6 Å². The number of rotatable bonds is 4. The maximum Gasteiger partial charge on any atom is 0.144 e. The monoisotopic (exact) mass is 781 g/mol. The van der Waals surface area contributed by atoms with E-state index in [9.17, 15) is 0 Å². The van der Waals surface area contributed by atoms with Crippen molar-refractivity contribution >= 4 is 113 Å². The Labute approximate surface area is 339 Å². The maximum absolute atomic E-state index is 6.68. The first-order valence-electron chi connectivity index (χ1n) is 19.5. The van der Waals surface area contributed by atoms with E-state index in [2.05, 4.69) is 162 Å². The fourth-order valence-corrected chi connectivity index (χ4v) is 11.6. The zero-order valence-electron chi connectivity index (χ0n) is 30.8. The lowest BCUT2D eigenvalue weighted by atomic mass is 9.99. The maximum atomic E-state index is 6.68. The Morgan fingerprint density at radius 2 is 0.931 bits per heavy atom. The Hall–Kier alpha value is -6.77. The fraction of sp³-hybridized carbons (Fsp3) is 0.0392. The fourth-order valence-electron chi connectivity index (χ4n) is 9.07. The third-order valence-corrected chi connectivity index (χ3v) is 14.2. The molecule has 0 radical (unpaired) electrons. The molecule has 5 heterocycles. The number of aliphatic imine (C=N–C) groups is 1. The van der Waals surface area contributed by atoms with Crippen LogP contribution in [0.2, 0.25) is 0 Å². The molecule has 0 spiro atoms. The number of amidine groups is 1. The van der Waals surface area contributed by atoms with E-state index in [1.807, 2.05) is 34.8 Å². The summed E-state index contributed by atoms with van der Waals surface area (Å²) in [6.07, 6.45) is -0.675. The summed E-state index contributed by atoms with van der Waals surface area (Å²) >= 11 is 3.63. The van der Waals surface area contributed by atoms with Crippen molar-refractivity contribution in [1.82, 2.24) is 10.6 Å². The summed E-state index contributed by atoms with van der Waals surface area (Å²) in [4.78, 5) is 5.57. The summed E-state index contributed by atoms with van der Waals surface area (Å²) in [5, 5.41) is 17.1. The van der Waals surface area contributed by atoms with Crippen molar-refractivity contribution < 1.29 is 8.83 Å². The van der Waals surface area contributed by atoms with Gasteiger partial charge in [0.1, 0.15) is 40.5 Å². The van der Waals surface area contributed by atoms with Gasteiger partial charge in [0.2, 0.25) is 0 Å². The largest absolute Gasteiger partial charge is 0.455 e. The predicted octanol–water partition coefficient (Wildman–Crippen LogP) is 14.2. The first-order valence-corrected chi connectivity index (χ1v) is 21.1. The molecule has 0 saturated carbocycles. The summed E-state index contributed by atoms with van der Waals surface area (Å²) in [6, 6.07) is 58.0. The highest BCUT2D eigenvalue weighted by Gasteiger charge is 2.32. The van der Waals surface area contributed by atoms with Crippen molar-refractivity contribution in [2.24, 2.45) is 4.99 Å². The molecule has 8 aromatic carbocycles. The summed E-state index contributed by atoms with van der Waals surface area (Å²) in [6.45, 7) is 0. The average Bonchev–Trinajstić information content (AvgIpc) is 4.06. The highest BCUT2D eigenvalue weighted by molar-refractivity contribution is 7.26. The van der Waals surface area contributed by atoms with Crippen molar-refractivity contribution in [2.75, 3.05) is 0 Å². The quantitative estimate of drug-likeness (QED) is 0.187. The second kappa shape index (κ2) is 12.4. The molecule has 5 nitrogen and oxygen atoms in total. The van der Waals surface area contributed by atoms with Crippen LogP contribution >= 0.6 is 22.7 Å². The van der Waals surface area contributed by atoms with Crippen LogP contribution in [0.3, 0.4) is 0 Å². The second-order valence-corrected chi connectivity index (χ2v) is 17.2. The molecule has 0 saturated heterocycles. The molecule has 4 aromatic heterocycles. The number of thiophene rings is 2. The Morgan fingerprint density at radius 3 is 1.55 bits per heavy atom. The van der Waals surface area contributed by atoms with Gasteiger partial charge in [0.25, 0.3) is 0 Å². The lowest BCUT2D eigenvalue weighted by Crippen LogP contribution is -2.45. The van der Waals surface area contributed by atoms with E-state index in [0.717, 1.165) is 77.2 Å². The lowest BCUT2D eigenvalue weighted by molar-refractivity contribution is 0.413. The van der Waals surface area contributed by atoms with E-state index < -0.39 is 0 Å². The third kappa shape index (κ3) is 4.75. The minimum Gasteiger partial charge on any atom is -0.455 e. The average molecular weight is 782 g/mol. The number of furan rings is 2. The van der Waals surface area contributed by atoms with Gasteiger partial charge in [-0.2, -0.15) is 0 Å². The summed E-state index contributed by atoms with van der Waals surface area (Å²) in [5.74, 6) is 0.839. The molecular weight excluding hydrogens is 751 g/mol. The number of para-hydroxylation sites is 2. The molecule has 58 heavy (non-hydrogen) atoms. The van der Waals surface area contributed by atoms with Crippen LogP contribution in [0.1, 0.15) is 29.0 Å². The van der Waals surface area contributed by atoms with Crippen molar-refractivity contribution in [3.8, 4) is 11.1 Å². The van der Waals surface area contributed by atoms with Gasteiger partial charge in [-0.25, -0.2) is 4.99 Å². The number of nitrogens with one attached hydrogen (secondary N) is 2. The zero-order valence-corrected chi connectivity index (χ0v) is 32.5. The molecule has 12 aromatic rings. The standard InChI is InChI=1S/C51H31N3O2S2/c1-2-12-28(13-3-1)29-22-24-30(25-23-29)49-52-50(37-26-35-31-14-4-8-18-39(31)55-45(35)43-33-16-6-10-20-41(33)57-47(37)43)54-51(53-49)38-27-36-32-15-5-9-19-40(32)56-46(36)44-34-17-7-11-21-42(34)58-48(38)44/h1-27,50-51,54H,(H,52,53). The van der Waals surface area contributed by atoms with Gasteiger partial charge < -0.3 is 14.2 Å². The van der Waals surface area contributed by atoms with Gasteiger partial charge in [-0.3, -0.25) is 5.32 Å². The number of fused-ring (bicyclic) bond motifs is 14. The van der Waals surface area contributed by atoms with E-state index >= 15 is 0 Å². The lowest BCUT2D eigenvalue weighted by Gasteiger charge is -2.32. The summed E-state index contributed by atoms with van der Waals surface area (Å²) in [7, 11) is 0. The van der Waals surface area contributed by atoms with Gasteiger partial charge in [-0.05, 0) is 47.5 Å². The number of hydrogen-bond donors (Lipinski definition) is 2. The zero-order chi connectivity index (χ0) is 37.9. The van der Waals surface area contributed by atoms with Crippen molar-refractivity contribution in [3.05, 3.63) is 180 Å². The van der Waals surface area contributed by atoms with Gasteiger partial charge in [0.15, 0.2) is 0 Å². The summed E-state index contributed by atoms with van der Waals surface area (Å²) < 4.78 is 18.2. The topological polar surface area (TPSA) is 62.7 Å². The number of hydrogen-bond acceptors (Lipinski definition) is 7. The molecule has 2 N–H and O–H groups in total. The Bertz CT molecular complexity index is 3650. The molecule has 7 heteroatoms. The minimum absolute atomic E-state index is 0.291. The molecule has 0 bridgehead atoms. The van der Waals surface area contributed by atoms with Gasteiger partial charge in [-0.15, -0.1) is 22.7 Å². The van der Waals surface area contributed by atoms with E-state index in [1.165, 1.54) is 40.7 Å². The smallest absolute Gasteiger partial charge is 0.144 e. The molecule has 1 aliphatic rings. The Kier molecular flexibility index (Phi) is 6.89. The molecular formula is C51H31N3O2S2. The van der Waals surface area contributed by atoms with Crippen LogP contribution in [0.15, 0.2) is 178 Å². The highest BCUT2D eigenvalue weighted by atomic mass is 32.1. The van der Waals surface area contributed by atoms with Crippen LogP contribution in [0.25, 0.3) is 95.3 Å². The van der Waals surface area contributed by atoms with Gasteiger partial charge in [0, 0.05) is 78.6 Å². The highest BCUT2D eigenvalue weighted by Crippen LogP contribution is 2.48. The normalized spacial score (nSPS) is 16.1. The van der Waals surface area contributed by atoms with Gasteiger partial charge in [0.05, 0.1) is 0 Å². The van der Waals surface area contributed by atoms with Crippen LogP contribution in [0, 0.1) is 0 Å².